The van der Waals surface area contributed by atoms with Crippen LogP contribution < -0.4 is 5.32 Å². The quantitative estimate of drug-likeness (QED) is 0.802. The fourth-order valence-electron chi connectivity index (χ4n) is 3.25. The third-order valence-corrected chi connectivity index (χ3v) is 4.89. The van der Waals surface area contributed by atoms with Gasteiger partial charge in [-0.3, -0.25) is 0 Å². The molecule has 1 aliphatic carbocycles. The first-order valence-corrected chi connectivity index (χ1v) is 8.45. The second-order valence-electron chi connectivity index (χ2n) is 6.51. The normalized spacial score (nSPS) is 27.0. The van der Waals surface area contributed by atoms with Crippen molar-refractivity contribution in [1.29, 1.82) is 0 Å². The molecule has 1 fully saturated rings. The van der Waals surface area contributed by atoms with Gasteiger partial charge in [0.05, 0.1) is 0 Å². The van der Waals surface area contributed by atoms with Gasteiger partial charge < -0.3 is 5.32 Å². The van der Waals surface area contributed by atoms with Crippen molar-refractivity contribution in [1.82, 2.24) is 5.32 Å². The molecule has 112 valence electrons. The Labute approximate surface area is 130 Å². The van der Waals surface area contributed by atoms with Gasteiger partial charge in [-0.2, -0.15) is 0 Å². The highest BCUT2D eigenvalue weighted by Crippen LogP contribution is 2.41. The average molecular weight is 342 g/mol. The minimum atomic E-state index is -0.0538. The summed E-state index contributed by atoms with van der Waals surface area (Å²) in [6.07, 6.45) is 3.55. The van der Waals surface area contributed by atoms with Gasteiger partial charge in [-0.05, 0) is 60.9 Å². The molecule has 1 N–H and O–H groups in total. The lowest BCUT2D eigenvalue weighted by molar-refractivity contribution is 0.234. The van der Waals surface area contributed by atoms with Gasteiger partial charge in [-0.1, -0.05) is 43.1 Å². The van der Waals surface area contributed by atoms with Crippen LogP contribution in [0.4, 0.5) is 4.39 Å². The third kappa shape index (κ3) is 4.05. The Hall–Kier alpha value is -0.410. The lowest BCUT2D eigenvalue weighted by atomic mass is 9.71. The maximum atomic E-state index is 14.2. The first-order valence-electron chi connectivity index (χ1n) is 7.65. The van der Waals surface area contributed by atoms with E-state index in [0.717, 1.165) is 23.0 Å². The summed E-state index contributed by atoms with van der Waals surface area (Å²) < 4.78 is 15.2. The number of benzene rings is 1. The predicted octanol–water partition coefficient (Wildman–Crippen LogP) is 5.11. The molecular weight excluding hydrogens is 317 g/mol. The molecule has 0 spiro atoms. The average Bonchev–Trinajstić information content (AvgIpc) is 2.40. The zero-order chi connectivity index (χ0) is 14.7. The minimum Gasteiger partial charge on any atom is -0.314 e. The topological polar surface area (TPSA) is 12.0 Å². The third-order valence-electron chi connectivity index (χ3n) is 4.40. The van der Waals surface area contributed by atoms with Crippen LogP contribution in [0.3, 0.4) is 0 Å². The van der Waals surface area contributed by atoms with Crippen molar-refractivity contribution in [3.63, 3.8) is 0 Å². The van der Waals surface area contributed by atoms with E-state index in [-0.39, 0.29) is 5.82 Å². The van der Waals surface area contributed by atoms with Crippen LogP contribution in [0.25, 0.3) is 0 Å². The monoisotopic (exact) mass is 341 g/mol. The molecule has 1 aromatic rings. The van der Waals surface area contributed by atoms with Crippen LogP contribution in [0.2, 0.25) is 0 Å². The van der Waals surface area contributed by atoms with Crippen LogP contribution in [0, 0.1) is 17.7 Å². The van der Waals surface area contributed by atoms with Crippen LogP contribution in [-0.4, -0.2) is 12.6 Å². The van der Waals surface area contributed by atoms with Crippen molar-refractivity contribution < 1.29 is 4.39 Å². The molecule has 1 aliphatic rings. The first-order chi connectivity index (χ1) is 9.47. The molecule has 2 rings (SSSR count). The molecule has 0 saturated heterocycles. The van der Waals surface area contributed by atoms with Gasteiger partial charge in [0.15, 0.2) is 0 Å². The van der Waals surface area contributed by atoms with Crippen LogP contribution in [-0.2, 0) is 0 Å². The van der Waals surface area contributed by atoms with E-state index < -0.39 is 0 Å². The van der Waals surface area contributed by atoms with Crippen LogP contribution in [0.15, 0.2) is 22.7 Å². The highest BCUT2D eigenvalue weighted by Gasteiger charge is 2.31. The molecule has 1 aromatic carbocycles. The van der Waals surface area contributed by atoms with E-state index >= 15 is 0 Å². The Kier molecular flexibility index (Phi) is 5.62. The molecule has 0 aromatic heterocycles. The lowest BCUT2D eigenvalue weighted by Crippen LogP contribution is -2.35. The molecule has 1 saturated carbocycles. The lowest BCUT2D eigenvalue weighted by Gasteiger charge is -2.36. The molecule has 3 unspecified atom stereocenters. The summed E-state index contributed by atoms with van der Waals surface area (Å²) in [6, 6.07) is 5.83. The van der Waals surface area contributed by atoms with Crippen molar-refractivity contribution in [3.8, 4) is 0 Å². The highest BCUT2D eigenvalue weighted by atomic mass is 79.9. The molecule has 0 heterocycles. The van der Waals surface area contributed by atoms with Crippen LogP contribution >= 0.6 is 15.9 Å². The summed E-state index contributed by atoms with van der Waals surface area (Å²) in [7, 11) is 0. The Morgan fingerprint density at radius 3 is 2.80 bits per heavy atom. The van der Waals surface area contributed by atoms with E-state index in [1.165, 1.54) is 12.8 Å². The maximum absolute atomic E-state index is 14.2. The van der Waals surface area contributed by atoms with Crippen molar-refractivity contribution in [3.05, 3.63) is 34.1 Å². The molecule has 0 aliphatic heterocycles. The summed E-state index contributed by atoms with van der Waals surface area (Å²) in [6.45, 7) is 7.61. The van der Waals surface area contributed by atoms with Crippen LogP contribution in [0.1, 0.15) is 51.5 Å². The summed E-state index contributed by atoms with van der Waals surface area (Å²) in [4.78, 5) is 0. The molecule has 3 atom stereocenters. The molecular formula is C17H25BrFN. The zero-order valence-corrected chi connectivity index (χ0v) is 14.2. The summed E-state index contributed by atoms with van der Waals surface area (Å²) in [5.41, 5.74) is 0.890. The SMILES string of the molecule is CC1CCC(CNC(C)C)C(c2cc(Br)ccc2F)C1. The van der Waals surface area contributed by atoms with E-state index in [0.29, 0.717) is 23.8 Å². The number of nitrogens with one attached hydrogen (secondary N) is 1. The van der Waals surface area contributed by atoms with Gasteiger partial charge in [-0.25, -0.2) is 4.39 Å². The molecule has 3 heteroatoms. The van der Waals surface area contributed by atoms with Gasteiger partial charge in [0.25, 0.3) is 0 Å². The van der Waals surface area contributed by atoms with Crippen LogP contribution in [0.5, 0.6) is 0 Å². The number of rotatable bonds is 4. The van der Waals surface area contributed by atoms with E-state index in [1.54, 1.807) is 12.1 Å². The van der Waals surface area contributed by atoms with Gasteiger partial charge >= 0.3 is 0 Å². The van der Waals surface area contributed by atoms with E-state index in [9.17, 15) is 4.39 Å². The Morgan fingerprint density at radius 1 is 1.35 bits per heavy atom. The standard InChI is InChI=1S/C17H25BrFN/c1-11(2)20-10-13-5-4-12(3)8-15(13)16-9-14(18)6-7-17(16)19/h6-7,9,11-13,15,20H,4-5,8,10H2,1-3H3. The second kappa shape index (κ2) is 7.04. The van der Waals surface area contributed by atoms with Crippen molar-refractivity contribution in [2.75, 3.05) is 6.54 Å². The minimum absolute atomic E-state index is 0.0538. The van der Waals surface area contributed by atoms with Gasteiger partial charge in [0.2, 0.25) is 0 Å². The molecule has 20 heavy (non-hydrogen) atoms. The van der Waals surface area contributed by atoms with Crippen molar-refractivity contribution >= 4 is 15.9 Å². The van der Waals surface area contributed by atoms with Gasteiger partial charge in [0, 0.05) is 10.5 Å². The second-order valence-corrected chi connectivity index (χ2v) is 7.43. The summed E-state index contributed by atoms with van der Waals surface area (Å²) >= 11 is 3.48. The number of hydrogen-bond donors (Lipinski definition) is 1. The summed E-state index contributed by atoms with van der Waals surface area (Å²) in [5.74, 6) is 1.51. The van der Waals surface area contributed by atoms with E-state index in [4.69, 9.17) is 0 Å². The molecule has 0 radical (unpaired) electrons. The fraction of sp³-hybridized carbons (Fsp3) is 0.647. The van der Waals surface area contributed by atoms with E-state index in [1.807, 2.05) is 6.07 Å². The van der Waals surface area contributed by atoms with Crippen molar-refractivity contribution in [2.45, 2.75) is 52.0 Å². The maximum Gasteiger partial charge on any atom is 0.126 e. The highest BCUT2D eigenvalue weighted by molar-refractivity contribution is 9.10. The van der Waals surface area contributed by atoms with E-state index in [2.05, 4.69) is 42.0 Å². The molecule has 0 amide bonds. The smallest absolute Gasteiger partial charge is 0.126 e. The Bertz CT molecular complexity index is 447. The van der Waals surface area contributed by atoms with Crippen molar-refractivity contribution in [2.24, 2.45) is 11.8 Å². The summed E-state index contributed by atoms with van der Waals surface area (Å²) in [5, 5.41) is 3.53. The fourth-order valence-corrected chi connectivity index (χ4v) is 3.63. The van der Waals surface area contributed by atoms with Gasteiger partial charge in [0.1, 0.15) is 5.82 Å². The Balaban J connectivity index is 2.20. The molecule has 0 bridgehead atoms. The number of hydrogen-bond acceptors (Lipinski definition) is 1. The Morgan fingerprint density at radius 2 is 2.10 bits per heavy atom. The largest absolute Gasteiger partial charge is 0.314 e. The molecule has 1 nitrogen and oxygen atoms in total. The predicted molar refractivity (Wildman–Crippen MR) is 86.5 cm³/mol. The first kappa shape index (κ1) is 16.0. The van der Waals surface area contributed by atoms with Gasteiger partial charge in [-0.15, -0.1) is 0 Å². The number of halogens is 2. The zero-order valence-electron chi connectivity index (χ0n) is 12.6.